The van der Waals surface area contributed by atoms with Crippen LogP contribution < -0.4 is 31.4 Å². The summed E-state index contributed by atoms with van der Waals surface area (Å²) in [6.07, 6.45) is 0. The van der Waals surface area contributed by atoms with Crippen LogP contribution in [-0.2, 0) is 20.4 Å². The van der Waals surface area contributed by atoms with Crippen molar-refractivity contribution in [3.8, 4) is 22.3 Å². The van der Waals surface area contributed by atoms with Gasteiger partial charge in [0, 0.05) is 0 Å². The van der Waals surface area contributed by atoms with Gasteiger partial charge in [-0.3, -0.25) is 0 Å². The van der Waals surface area contributed by atoms with Gasteiger partial charge in [-0.1, -0.05) is 0 Å². The Bertz CT molecular complexity index is 1090. The molecule has 4 rings (SSSR count). The molecular formula is C26H28Cl2SiZr. The minimum absolute atomic E-state index is 0. The number of halogens is 2. The van der Waals surface area contributed by atoms with Crippen molar-refractivity contribution in [2.24, 2.45) is 0 Å². The van der Waals surface area contributed by atoms with Crippen LogP contribution >= 0.6 is 0 Å². The third kappa shape index (κ3) is 4.35. The molecule has 4 aliphatic carbocycles. The predicted molar refractivity (Wildman–Crippen MR) is 122 cm³/mol. The average Bonchev–Trinajstić information content (AvgIpc) is 2.99. The molecule has 0 unspecified atom stereocenters. The molecule has 0 nitrogen and oxygen atoms in total. The van der Waals surface area contributed by atoms with Crippen LogP contribution in [0.2, 0.25) is 13.1 Å². The van der Waals surface area contributed by atoms with Gasteiger partial charge in [-0.25, -0.2) is 0 Å². The van der Waals surface area contributed by atoms with Gasteiger partial charge in [-0.05, 0) is 0 Å². The second kappa shape index (κ2) is 10.1. The topological polar surface area (TPSA) is 0 Å². The first-order valence-corrected chi connectivity index (χ1v) is 18.7. The summed E-state index contributed by atoms with van der Waals surface area (Å²) in [5.74, 6) is 0. The largest absolute Gasteiger partial charge is 1.00 e. The van der Waals surface area contributed by atoms with E-state index >= 15 is 0 Å². The van der Waals surface area contributed by atoms with Gasteiger partial charge >= 0.3 is 178 Å². The number of fused-ring (bicyclic) bond motifs is 2. The van der Waals surface area contributed by atoms with Crippen molar-refractivity contribution in [2.75, 3.05) is 0 Å². The Hall–Kier alpha value is -0.920. The van der Waals surface area contributed by atoms with E-state index in [4.69, 9.17) is 0 Å². The zero-order chi connectivity index (χ0) is 20.0. The van der Waals surface area contributed by atoms with Crippen molar-refractivity contribution in [3.63, 3.8) is 0 Å². The average molecular weight is 531 g/mol. The fourth-order valence-electron chi connectivity index (χ4n) is 4.60. The summed E-state index contributed by atoms with van der Waals surface area (Å²) in [5.41, 5.74) is 11.4. The van der Waals surface area contributed by atoms with Crippen molar-refractivity contribution in [3.05, 3.63) is 82.9 Å². The van der Waals surface area contributed by atoms with Gasteiger partial charge < -0.3 is 24.8 Å². The molecule has 0 aromatic heterocycles. The van der Waals surface area contributed by atoms with E-state index in [1.54, 1.807) is 6.54 Å². The van der Waals surface area contributed by atoms with Crippen molar-refractivity contribution in [1.82, 2.24) is 0 Å². The minimum atomic E-state index is -2.06. The molecule has 0 saturated heterocycles. The molecule has 0 atom stereocenters. The Balaban J connectivity index is 0.00000160. The molecule has 0 spiro atoms. The van der Waals surface area contributed by atoms with Crippen LogP contribution in [0.4, 0.5) is 0 Å². The van der Waals surface area contributed by atoms with Gasteiger partial charge in [-0.15, -0.1) is 0 Å². The summed E-state index contributed by atoms with van der Waals surface area (Å²) in [7, 11) is 0. The first-order valence-electron chi connectivity index (χ1n) is 10.1. The summed E-state index contributed by atoms with van der Waals surface area (Å²) < 4.78 is 3.49. The van der Waals surface area contributed by atoms with Crippen LogP contribution in [0.15, 0.2) is 60.7 Å². The van der Waals surface area contributed by atoms with Crippen LogP contribution in [0.25, 0.3) is 22.3 Å². The first kappa shape index (κ1) is 25.3. The van der Waals surface area contributed by atoms with E-state index in [1.807, 2.05) is 0 Å². The molecule has 0 saturated carbocycles. The zero-order valence-electron chi connectivity index (χ0n) is 18.5. The van der Waals surface area contributed by atoms with Gasteiger partial charge in [0.05, 0.1) is 0 Å². The first-order chi connectivity index (χ1) is 13.4. The van der Waals surface area contributed by atoms with E-state index in [-0.39, 0.29) is 24.8 Å². The second-order valence-corrected chi connectivity index (χ2v) is 24.9. The molecule has 154 valence electrons. The third-order valence-corrected chi connectivity index (χ3v) is 23.0. The van der Waals surface area contributed by atoms with Crippen LogP contribution in [0.5, 0.6) is 0 Å². The number of rotatable bonds is 2. The van der Waals surface area contributed by atoms with Crippen molar-refractivity contribution < 1.29 is 45.2 Å². The van der Waals surface area contributed by atoms with Gasteiger partial charge in [0.2, 0.25) is 0 Å². The van der Waals surface area contributed by atoms with E-state index in [9.17, 15) is 0 Å². The van der Waals surface area contributed by atoms with Crippen molar-refractivity contribution >= 4 is 12.0 Å². The van der Waals surface area contributed by atoms with Gasteiger partial charge in [0.25, 0.3) is 0 Å². The standard InChI is InChI=1S/2C12H11.C2H6Si.2ClH.Zr/c2*1-9-7-11-6-4-3-5-10(2)12(11)8-9;1-3-2;;;/h2*3-6,8H,1-2H3;1-2H3;2*1H;/q;;;;;+2/p-2. The summed E-state index contributed by atoms with van der Waals surface area (Å²) in [6.45, 7) is 14.3. The summed E-state index contributed by atoms with van der Waals surface area (Å²) in [5, 5.41) is 0. The van der Waals surface area contributed by atoms with E-state index in [2.05, 4.69) is 101 Å². The molecule has 0 N–H and O–H groups in total. The molecule has 0 radical (unpaired) electrons. The Morgan fingerprint density at radius 1 is 0.533 bits per heavy atom. The van der Waals surface area contributed by atoms with Crippen molar-refractivity contribution in [1.29, 1.82) is 0 Å². The van der Waals surface area contributed by atoms with E-state index in [0.29, 0.717) is 0 Å². The Kier molecular flexibility index (Phi) is 8.56. The third-order valence-electron chi connectivity index (χ3n) is 5.92. The van der Waals surface area contributed by atoms with E-state index < -0.39 is 25.8 Å². The number of hydrogen-bond acceptors (Lipinski definition) is 0. The zero-order valence-corrected chi connectivity index (χ0v) is 23.5. The fourth-order valence-corrected chi connectivity index (χ4v) is 22.2. The summed E-state index contributed by atoms with van der Waals surface area (Å²) in [6, 6.07) is 23.0. The molecule has 4 heteroatoms. The molecule has 0 aromatic carbocycles. The fraction of sp³-hybridized carbons (Fsp3) is 0.231. The molecule has 4 aliphatic rings. The maximum Gasteiger partial charge on any atom is -1.00 e. The quantitative estimate of drug-likeness (QED) is 0.319. The normalized spacial score (nSPS) is 10.2. The molecule has 0 amide bonds. The molecule has 30 heavy (non-hydrogen) atoms. The SMILES string of the molecule is Cc1ccccc2[c]([Zr+2]([c]3c(C)cc4c(C)ccccc3-4)=[Si](C)C)c(C)cc1-2.[Cl-].[Cl-]. The Morgan fingerprint density at radius 3 is 1.27 bits per heavy atom. The molecule has 0 fully saturated rings. The monoisotopic (exact) mass is 528 g/mol. The van der Waals surface area contributed by atoms with Crippen LogP contribution in [-0.4, -0.2) is 5.43 Å². The molecular weight excluding hydrogens is 503 g/mol. The van der Waals surface area contributed by atoms with Crippen LogP contribution in [0.1, 0.15) is 22.3 Å². The molecule has 0 heterocycles. The van der Waals surface area contributed by atoms with E-state index in [0.717, 1.165) is 0 Å². The smallest absolute Gasteiger partial charge is 1.00 e. The Labute approximate surface area is 201 Å². The predicted octanol–water partition coefficient (Wildman–Crippen LogP) is -0.0420. The molecule has 0 aromatic rings. The summed E-state index contributed by atoms with van der Waals surface area (Å²) >= 11 is -2.06. The van der Waals surface area contributed by atoms with Crippen LogP contribution in [0, 0.1) is 27.7 Å². The number of hydrogen-bond donors (Lipinski definition) is 0. The van der Waals surface area contributed by atoms with Gasteiger partial charge in [0.15, 0.2) is 0 Å². The molecule has 0 aliphatic heterocycles. The van der Waals surface area contributed by atoms with E-state index in [1.165, 1.54) is 44.5 Å². The minimum Gasteiger partial charge on any atom is -1.00 e. The Morgan fingerprint density at radius 2 is 0.900 bits per heavy atom. The van der Waals surface area contributed by atoms with Crippen molar-refractivity contribution in [2.45, 2.75) is 40.8 Å². The van der Waals surface area contributed by atoms with Crippen LogP contribution in [0.3, 0.4) is 0 Å². The van der Waals surface area contributed by atoms with Gasteiger partial charge in [0.1, 0.15) is 0 Å². The van der Waals surface area contributed by atoms with Gasteiger partial charge in [-0.2, -0.15) is 0 Å². The maximum absolute atomic E-state index is 2.56. The second-order valence-electron chi connectivity index (χ2n) is 8.24. The number of aryl methyl sites for hydroxylation is 4. The molecule has 0 bridgehead atoms. The maximum atomic E-state index is 2.56. The summed E-state index contributed by atoms with van der Waals surface area (Å²) in [4.78, 5) is 0.